The lowest BCUT2D eigenvalue weighted by molar-refractivity contribution is -0.00412. The summed E-state index contributed by atoms with van der Waals surface area (Å²) in [5.74, 6) is 0.0890. The second kappa shape index (κ2) is 22.1. The van der Waals surface area contributed by atoms with Gasteiger partial charge in [-0.2, -0.15) is 0 Å². The van der Waals surface area contributed by atoms with Crippen molar-refractivity contribution in [2.75, 3.05) is 71.7 Å². The fourth-order valence-electron chi connectivity index (χ4n) is 9.71. The Morgan fingerprint density at radius 1 is 0.708 bits per heavy atom. The number of aryl methyl sites for hydroxylation is 1. The molecule has 340 valence electrons. The molecule has 6 aromatic rings. The summed E-state index contributed by atoms with van der Waals surface area (Å²) >= 11 is 0. The lowest BCUT2D eigenvalue weighted by Gasteiger charge is -2.45. The standard InChI is InChI=1S/C54H62N2O7PS/c1-41-20-27-48(28-21-41)65(57,58)54(64(45-14-7-4-8-15-45,46-16-9-5-10-17-46)47-18-11-6-12-19-47)49-37-55-38-52(53(49)44-25-22-42(23-26-44)39-61-35-34-60-3)63-40-43-24-29-51-50(36-43)56(31-33-62-51)30-13-32-59-2/h4-12,14-29,36,49,52-55H,13,30-35,37-40H2,1-3H3/q+1/t49-,52+,53+,54?/m1/s1. The van der Waals surface area contributed by atoms with Crippen LogP contribution < -0.4 is 30.9 Å². The van der Waals surface area contributed by atoms with E-state index in [-0.39, 0.29) is 12.0 Å². The molecule has 0 bridgehead atoms. The minimum atomic E-state index is -4.11. The van der Waals surface area contributed by atoms with Crippen LogP contribution in [0.4, 0.5) is 5.69 Å². The molecule has 0 amide bonds. The summed E-state index contributed by atoms with van der Waals surface area (Å²) in [6.07, 6.45) is 0.527. The summed E-state index contributed by atoms with van der Waals surface area (Å²) in [5.41, 5.74) is 5.14. The van der Waals surface area contributed by atoms with Gasteiger partial charge < -0.3 is 33.9 Å². The third kappa shape index (κ3) is 10.4. The second-order valence-electron chi connectivity index (χ2n) is 16.9. The highest BCUT2D eigenvalue weighted by Gasteiger charge is 2.63. The number of nitrogens with zero attached hydrogens (tertiary/aromatic N) is 1. The average molecular weight is 914 g/mol. The summed E-state index contributed by atoms with van der Waals surface area (Å²) in [6, 6.07) is 53.4. The molecule has 11 heteroatoms. The molecule has 0 radical (unpaired) electrons. The van der Waals surface area contributed by atoms with Gasteiger partial charge in [0.15, 0.2) is 4.99 Å². The number of anilines is 1. The predicted molar refractivity (Wildman–Crippen MR) is 264 cm³/mol. The smallest absolute Gasteiger partial charge is 0.217 e. The van der Waals surface area contributed by atoms with Crippen LogP contribution in [0.3, 0.4) is 0 Å². The van der Waals surface area contributed by atoms with E-state index < -0.39 is 28.0 Å². The number of ether oxygens (including phenoxy) is 5. The van der Waals surface area contributed by atoms with Gasteiger partial charge in [-0.15, -0.1) is 0 Å². The highest BCUT2D eigenvalue weighted by Crippen LogP contribution is 2.66. The molecular formula is C54H62N2O7PS+. The third-order valence-corrected chi connectivity index (χ3v) is 21.0. The van der Waals surface area contributed by atoms with Gasteiger partial charge in [-0.3, -0.25) is 0 Å². The Morgan fingerprint density at radius 2 is 1.32 bits per heavy atom. The molecule has 1 fully saturated rings. The molecular weight excluding hydrogens is 852 g/mol. The van der Waals surface area contributed by atoms with Crippen LogP contribution in [-0.4, -0.2) is 86.3 Å². The van der Waals surface area contributed by atoms with Crippen LogP contribution in [0, 0.1) is 12.8 Å². The molecule has 2 aliphatic rings. The minimum Gasteiger partial charge on any atom is -0.490 e. The number of benzene rings is 6. The number of hydrogen-bond donors (Lipinski definition) is 1. The van der Waals surface area contributed by atoms with Crippen molar-refractivity contribution in [2.45, 2.75) is 48.5 Å². The maximum absolute atomic E-state index is 16.4. The molecule has 4 atom stereocenters. The zero-order valence-corrected chi connectivity index (χ0v) is 39.5. The number of methoxy groups -OCH3 is 2. The van der Waals surface area contributed by atoms with E-state index >= 15 is 8.42 Å². The van der Waals surface area contributed by atoms with Gasteiger partial charge in [0.2, 0.25) is 9.84 Å². The first kappa shape index (κ1) is 46.6. The van der Waals surface area contributed by atoms with Gasteiger partial charge in [0.05, 0.1) is 49.7 Å². The highest BCUT2D eigenvalue weighted by atomic mass is 32.2. The molecule has 1 N–H and O–H groups in total. The second-order valence-corrected chi connectivity index (χ2v) is 22.9. The molecule has 0 aromatic heterocycles. The van der Waals surface area contributed by atoms with Gasteiger partial charge in [0, 0.05) is 52.3 Å². The van der Waals surface area contributed by atoms with E-state index in [1.165, 1.54) is 0 Å². The molecule has 65 heavy (non-hydrogen) atoms. The third-order valence-electron chi connectivity index (χ3n) is 12.8. The summed E-state index contributed by atoms with van der Waals surface area (Å²) < 4.78 is 62.5. The van der Waals surface area contributed by atoms with Gasteiger partial charge in [-0.05, 0) is 90.7 Å². The lowest BCUT2D eigenvalue weighted by atomic mass is 9.79. The predicted octanol–water partition coefficient (Wildman–Crippen LogP) is 8.08. The summed E-state index contributed by atoms with van der Waals surface area (Å²) in [5, 5.41) is 6.78. The molecule has 0 saturated carbocycles. The zero-order valence-electron chi connectivity index (χ0n) is 37.8. The molecule has 2 aliphatic heterocycles. The Bertz CT molecular complexity index is 2420. The van der Waals surface area contributed by atoms with E-state index in [0.717, 1.165) is 69.1 Å². The Balaban J connectivity index is 1.29. The molecule has 8 rings (SSSR count). The lowest BCUT2D eigenvalue weighted by Crippen LogP contribution is -2.55. The van der Waals surface area contributed by atoms with Crippen molar-refractivity contribution >= 4 is 38.7 Å². The van der Waals surface area contributed by atoms with Crippen LogP contribution in [0.1, 0.15) is 34.6 Å². The van der Waals surface area contributed by atoms with Crippen molar-refractivity contribution in [3.05, 3.63) is 180 Å². The fraction of sp³-hybridized carbons (Fsp3) is 0.333. The number of rotatable bonds is 20. The normalized spacial score (nSPS) is 18.1. The average Bonchev–Trinajstić information content (AvgIpc) is 3.35. The van der Waals surface area contributed by atoms with Gasteiger partial charge in [0.25, 0.3) is 0 Å². The summed E-state index contributed by atoms with van der Waals surface area (Å²) in [6.45, 7) is 7.79. The Hall–Kier alpha value is -4.90. The molecule has 0 spiro atoms. The van der Waals surface area contributed by atoms with Crippen LogP contribution in [0.2, 0.25) is 0 Å². The first-order valence-corrected chi connectivity index (χ1v) is 26.1. The number of fused-ring (bicyclic) bond motifs is 1. The van der Waals surface area contributed by atoms with Gasteiger partial charge in [-0.25, -0.2) is 8.42 Å². The SMILES string of the molecule is COCCCN1CCOc2ccc(CO[C@H]3CNC[C@@H](C([P+](c4ccccc4)(c4ccccc4)c4ccccc4)S(=O)(=O)c4ccc(C)cc4)[C@@H]3c3ccc(COCCOC)cc3)cc21. The van der Waals surface area contributed by atoms with Crippen molar-refractivity contribution in [2.24, 2.45) is 5.92 Å². The van der Waals surface area contributed by atoms with Crippen molar-refractivity contribution in [3.8, 4) is 5.75 Å². The van der Waals surface area contributed by atoms with E-state index in [9.17, 15) is 0 Å². The first-order valence-electron chi connectivity index (χ1n) is 22.7. The van der Waals surface area contributed by atoms with Crippen molar-refractivity contribution in [1.82, 2.24) is 5.32 Å². The minimum absolute atomic E-state index is 0.317. The van der Waals surface area contributed by atoms with Gasteiger partial charge in [0.1, 0.15) is 35.5 Å². The van der Waals surface area contributed by atoms with Crippen LogP contribution in [0.5, 0.6) is 5.75 Å². The van der Waals surface area contributed by atoms with Crippen LogP contribution >= 0.6 is 7.26 Å². The van der Waals surface area contributed by atoms with E-state index in [1.807, 2.05) is 79.7 Å². The zero-order chi connectivity index (χ0) is 45.1. The van der Waals surface area contributed by atoms with Crippen LogP contribution in [0.25, 0.3) is 0 Å². The molecule has 2 heterocycles. The van der Waals surface area contributed by atoms with Crippen LogP contribution in [-0.2, 0) is 42.0 Å². The van der Waals surface area contributed by atoms with E-state index in [4.69, 9.17) is 23.7 Å². The van der Waals surface area contributed by atoms with E-state index in [1.54, 1.807) is 26.4 Å². The quantitative estimate of drug-likeness (QED) is 0.0603. The maximum atomic E-state index is 16.4. The molecule has 0 aliphatic carbocycles. The number of nitrogens with one attached hydrogen (secondary N) is 1. The van der Waals surface area contributed by atoms with E-state index in [2.05, 4.69) is 83.0 Å². The van der Waals surface area contributed by atoms with Crippen LogP contribution in [0.15, 0.2) is 163 Å². The molecule has 1 saturated heterocycles. The monoisotopic (exact) mass is 913 g/mol. The molecule has 9 nitrogen and oxygen atoms in total. The number of piperidine rings is 1. The van der Waals surface area contributed by atoms with Crippen molar-refractivity contribution in [1.29, 1.82) is 0 Å². The summed E-state index contributed by atoms with van der Waals surface area (Å²) in [7, 11) is -3.80. The number of sulfone groups is 1. The Labute approximate surface area is 386 Å². The summed E-state index contributed by atoms with van der Waals surface area (Å²) in [4.78, 5) is 1.77. The first-order chi connectivity index (χ1) is 31.8. The number of hydrogen-bond acceptors (Lipinski definition) is 9. The van der Waals surface area contributed by atoms with Crippen molar-refractivity contribution in [3.63, 3.8) is 0 Å². The van der Waals surface area contributed by atoms with Gasteiger partial charge >= 0.3 is 0 Å². The van der Waals surface area contributed by atoms with E-state index in [0.29, 0.717) is 57.6 Å². The Morgan fingerprint density at radius 3 is 1.94 bits per heavy atom. The highest BCUT2D eigenvalue weighted by molar-refractivity contribution is 8.10. The maximum Gasteiger partial charge on any atom is 0.217 e. The molecule has 1 unspecified atom stereocenters. The van der Waals surface area contributed by atoms with Gasteiger partial charge in [-0.1, -0.05) is 103 Å². The molecule has 6 aromatic carbocycles. The largest absolute Gasteiger partial charge is 0.490 e. The van der Waals surface area contributed by atoms with Crippen molar-refractivity contribution < 1.29 is 32.1 Å². The topological polar surface area (TPSA) is 95.6 Å². The Kier molecular flexibility index (Phi) is 15.8. The fourth-order valence-corrected chi connectivity index (χ4v) is 18.9.